The van der Waals surface area contributed by atoms with Crippen LogP contribution in [0.2, 0.25) is 0 Å². The molecule has 0 saturated heterocycles. The molecular weight excluding hydrogens is 340 g/mol. The Bertz CT molecular complexity index is 550. The fraction of sp³-hybridized carbons (Fsp3) is 0.636. The lowest BCUT2D eigenvalue weighted by Crippen LogP contribution is -2.51. The second-order valence-corrected chi connectivity index (χ2v) is 7.54. The molecule has 0 aliphatic heterocycles. The van der Waals surface area contributed by atoms with E-state index in [1.165, 1.54) is 44.9 Å². The van der Waals surface area contributed by atoms with Gasteiger partial charge in [0.1, 0.15) is 6.04 Å². The highest BCUT2D eigenvalue weighted by atomic mass is 16.3. The van der Waals surface area contributed by atoms with Gasteiger partial charge in [0, 0.05) is 11.6 Å². The molecule has 0 radical (unpaired) electrons. The third kappa shape index (κ3) is 8.12. The summed E-state index contributed by atoms with van der Waals surface area (Å²) in [6, 6.07) is 7.96. The summed E-state index contributed by atoms with van der Waals surface area (Å²) in [6.45, 7) is -0.406. The van der Waals surface area contributed by atoms with Crippen molar-refractivity contribution in [3.8, 4) is 0 Å². The number of hydrogen-bond donors (Lipinski definition) is 3. The molecule has 1 unspecified atom stereocenters. The van der Waals surface area contributed by atoms with Crippen molar-refractivity contribution in [2.24, 2.45) is 0 Å². The van der Waals surface area contributed by atoms with Crippen LogP contribution in [0.4, 0.5) is 0 Å². The van der Waals surface area contributed by atoms with Crippen molar-refractivity contribution in [2.75, 3.05) is 6.61 Å². The molecule has 1 aromatic carbocycles. The Balaban J connectivity index is 1.87. The number of benzene rings is 1. The van der Waals surface area contributed by atoms with E-state index in [-0.39, 0.29) is 17.9 Å². The summed E-state index contributed by atoms with van der Waals surface area (Å²) >= 11 is 0. The van der Waals surface area contributed by atoms with Crippen molar-refractivity contribution in [1.29, 1.82) is 0 Å². The van der Waals surface area contributed by atoms with Crippen LogP contribution in [0.1, 0.15) is 81.0 Å². The standard InChI is InChI=1S/C22H34N2O3/c25-17-20(24-21(26)18-13-9-8-10-14-18)22(27)23-19-15-11-6-4-2-1-3-5-7-12-16-19/h8-10,13-14,19-20,25H,1-7,11-12,15-17H2,(H,23,27)(H,24,26). The third-order valence-corrected chi connectivity index (χ3v) is 5.29. The van der Waals surface area contributed by atoms with Crippen LogP contribution in [-0.4, -0.2) is 35.6 Å². The number of amides is 2. The molecular formula is C22H34N2O3. The van der Waals surface area contributed by atoms with Gasteiger partial charge in [0.05, 0.1) is 6.61 Å². The van der Waals surface area contributed by atoms with Gasteiger partial charge in [0.15, 0.2) is 0 Å². The minimum Gasteiger partial charge on any atom is -0.394 e. The highest BCUT2D eigenvalue weighted by molar-refractivity contribution is 5.97. The highest BCUT2D eigenvalue weighted by Crippen LogP contribution is 2.17. The second-order valence-electron chi connectivity index (χ2n) is 7.54. The van der Waals surface area contributed by atoms with Crippen LogP contribution in [0, 0.1) is 0 Å². The van der Waals surface area contributed by atoms with Crippen molar-refractivity contribution in [3.63, 3.8) is 0 Å². The molecule has 27 heavy (non-hydrogen) atoms. The van der Waals surface area contributed by atoms with Gasteiger partial charge in [-0.3, -0.25) is 9.59 Å². The van der Waals surface area contributed by atoms with E-state index in [4.69, 9.17) is 0 Å². The van der Waals surface area contributed by atoms with Crippen LogP contribution in [0.3, 0.4) is 0 Å². The normalized spacial score (nSPS) is 18.6. The fourth-order valence-corrected chi connectivity index (χ4v) is 3.63. The van der Waals surface area contributed by atoms with E-state index in [0.717, 1.165) is 25.7 Å². The minimum atomic E-state index is -0.918. The van der Waals surface area contributed by atoms with Gasteiger partial charge in [-0.25, -0.2) is 0 Å². The Morgan fingerprint density at radius 2 is 1.41 bits per heavy atom. The lowest BCUT2D eigenvalue weighted by molar-refractivity contribution is -0.124. The lowest BCUT2D eigenvalue weighted by atomic mass is 9.97. The van der Waals surface area contributed by atoms with Gasteiger partial charge in [0.2, 0.25) is 5.91 Å². The molecule has 0 heterocycles. The van der Waals surface area contributed by atoms with E-state index in [2.05, 4.69) is 10.6 Å². The Kier molecular flexibility index (Phi) is 9.91. The molecule has 2 amide bonds. The first-order valence-electron chi connectivity index (χ1n) is 10.5. The monoisotopic (exact) mass is 374 g/mol. The fourth-order valence-electron chi connectivity index (χ4n) is 3.63. The Labute approximate surface area is 162 Å². The van der Waals surface area contributed by atoms with Crippen molar-refractivity contribution >= 4 is 11.8 Å². The first kappa shape index (κ1) is 21.4. The molecule has 1 aliphatic carbocycles. The maximum Gasteiger partial charge on any atom is 0.251 e. The molecule has 1 fully saturated rings. The van der Waals surface area contributed by atoms with E-state index in [9.17, 15) is 14.7 Å². The molecule has 0 spiro atoms. The van der Waals surface area contributed by atoms with E-state index < -0.39 is 12.6 Å². The first-order valence-corrected chi connectivity index (χ1v) is 10.5. The zero-order chi connectivity index (χ0) is 19.3. The molecule has 5 heteroatoms. The van der Waals surface area contributed by atoms with Gasteiger partial charge in [-0.05, 0) is 25.0 Å². The van der Waals surface area contributed by atoms with Gasteiger partial charge in [-0.1, -0.05) is 76.0 Å². The molecule has 0 bridgehead atoms. The summed E-state index contributed by atoms with van der Waals surface area (Å²) in [5.74, 6) is -0.637. The van der Waals surface area contributed by atoms with Crippen LogP contribution in [0.15, 0.2) is 30.3 Å². The number of rotatable bonds is 5. The maximum absolute atomic E-state index is 12.6. The maximum atomic E-state index is 12.6. The van der Waals surface area contributed by atoms with Crippen molar-refractivity contribution in [1.82, 2.24) is 10.6 Å². The zero-order valence-electron chi connectivity index (χ0n) is 16.3. The van der Waals surface area contributed by atoms with E-state index in [0.29, 0.717) is 5.56 Å². The third-order valence-electron chi connectivity index (χ3n) is 5.29. The summed E-state index contributed by atoms with van der Waals surface area (Å²) in [4.78, 5) is 24.9. The molecule has 5 nitrogen and oxygen atoms in total. The zero-order valence-corrected chi connectivity index (χ0v) is 16.3. The van der Waals surface area contributed by atoms with Gasteiger partial charge in [-0.2, -0.15) is 0 Å². The smallest absolute Gasteiger partial charge is 0.251 e. The van der Waals surface area contributed by atoms with Crippen LogP contribution in [0.25, 0.3) is 0 Å². The van der Waals surface area contributed by atoms with Crippen molar-refractivity contribution < 1.29 is 14.7 Å². The quantitative estimate of drug-likeness (QED) is 0.737. The molecule has 1 saturated carbocycles. The Morgan fingerprint density at radius 1 is 0.889 bits per heavy atom. The molecule has 1 aromatic rings. The van der Waals surface area contributed by atoms with Crippen LogP contribution in [0.5, 0.6) is 0 Å². The predicted molar refractivity (Wildman–Crippen MR) is 107 cm³/mol. The van der Waals surface area contributed by atoms with E-state index >= 15 is 0 Å². The Hall–Kier alpha value is -1.88. The number of aliphatic hydroxyl groups excluding tert-OH is 1. The summed E-state index contributed by atoms with van der Waals surface area (Å²) in [5.41, 5.74) is 0.481. The highest BCUT2D eigenvalue weighted by Gasteiger charge is 2.23. The van der Waals surface area contributed by atoms with Gasteiger partial charge in [0.25, 0.3) is 5.91 Å². The van der Waals surface area contributed by atoms with E-state index in [1.807, 2.05) is 6.07 Å². The largest absolute Gasteiger partial charge is 0.394 e. The number of aliphatic hydroxyl groups is 1. The molecule has 3 N–H and O–H groups in total. The average molecular weight is 375 g/mol. The minimum absolute atomic E-state index is 0.125. The topological polar surface area (TPSA) is 78.4 Å². The summed E-state index contributed by atoms with van der Waals surface area (Å²) in [7, 11) is 0. The predicted octanol–water partition coefficient (Wildman–Crippen LogP) is 3.57. The van der Waals surface area contributed by atoms with Gasteiger partial charge in [-0.15, -0.1) is 0 Å². The molecule has 2 rings (SSSR count). The molecule has 1 atom stereocenters. The van der Waals surface area contributed by atoms with Crippen molar-refractivity contribution in [3.05, 3.63) is 35.9 Å². The Morgan fingerprint density at radius 3 is 1.93 bits per heavy atom. The summed E-state index contributed by atoms with van der Waals surface area (Å²) in [6.07, 6.45) is 13.1. The van der Waals surface area contributed by atoms with Gasteiger partial charge < -0.3 is 15.7 Å². The van der Waals surface area contributed by atoms with Crippen LogP contribution >= 0.6 is 0 Å². The SMILES string of the molecule is O=C(NC(CO)C(=O)NC1CCCCCCCCCCC1)c1ccccc1. The second kappa shape index (κ2) is 12.5. The first-order chi connectivity index (χ1) is 13.2. The van der Waals surface area contributed by atoms with Crippen molar-refractivity contribution in [2.45, 2.75) is 82.7 Å². The van der Waals surface area contributed by atoms with Crippen LogP contribution < -0.4 is 10.6 Å². The average Bonchev–Trinajstić information content (AvgIpc) is 2.68. The summed E-state index contributed by atoms with van der Waals surface area (Å²) < 4.78 is 0. The lowest BCUT2D eigenvalue weighted by Gasteiger charge is -2.23. The summed E-state index contributed by atoms with van der Waals surface area (Å²) in [5, 5.41) is 15.3. The number of hydrogen-bond acceptors (Lipinski definition) is 3. The number of carbonyl (C=O) groups excluding carboxylic acids is 2. The molecule has 1 aliphatic rings. The number of nitrogens with one attached hydrogen (secondary N) is 2. The van der Waals surface area contributed by atoms with Crippen LogP contribution in [-0.2, 0) is 4.79 Å². The van der Waals surface area contributed by atoms with E-state index in [1.54, 1.807) is 24.3 Å². The number of carbonyl (C=O) groups is 2. The molecule has 0 aromatic heterocycles. The molecule has 150 valence electrons. The van der Waals surface area contributed by atoms with Gasteiger partial charge >= 0.3 is 0 Å².